The molecule has 0 unspecified atom stereocenters. The average molecular weight is 315 g/mol. The van der Waals surface area contributed by atoms with Crippen LogP contribution in [0.3, 0.4) is 0 Å². The number of hydrogen-bond acceptors (Lipinski definition) is 3. The number of furan rings is 1. The van der Waals surface area contributed by atoms with E-state index in [2.05, 4.69) is 47.6 Å². The van der Waals surface area contributed by atoms with Crippen molar-refractivity contribution < 1.29 is 9.25 Å². The number of aryl methyl sites for hydroxylation is 1. The quantitative estimate of drug-likeness (QED) is 0.612. The molecule has 0 atom stereocenters. The maximum atomic E-state index is 5.32. The molecule has 0 spiro atoms. The summed E-state index contributed by atoms with van der Waals surface area (Å²) in [6.07, 6.45) is 5.63. The van der Waals surface area contributed by atoms with E-state index < -0.39 is 0 Å². The van der Waals surface area contributed by atoms with Crippen LogP contribution in [-0.4, -0.2) is 12.8 Å². The molecule has 0 saturated heterocycles. The molecule has 0 saturated carbocycles. The van der Waals surface area contributed by atoms with Gasteiger partial charge in [-0.15, -0.1) is 0 Å². The van der Waals surface area contributed by atoms with Gasteiger partial charge in [0.2, 0.25) is 0 Å². The van der Waals surface area contributed by atoms with Crippen LogP contribution in [0.2, 0.25) is 0 Å². The van der Waals surface area contributed by atoms with E-state index >= 15 is 0 Å². The van der Waals surface area contributed by atoms with Crippen molar-refractivity contribution in [2.75, 3.05) is 7.11 Å². The lowest BCUT2D eigenvalue weighted by Gasteiger charge is -2.23. The molecule has 0 aliphatic heterocycles. The molecule has 1 aromatic heterocycles. The van der Waals surface area contributed by atoms with E-state index in [1.165, 1.54) is 11.1 Å². The van der Waals surface area contributed by atoms with E-state index in [9.17, 15) is 0 Å². The van der Waals surface area contributed by atoms with Crippen molar-refractivity contribution >= 4 is 17.4 Å². The number of rotatable bonds is 2. The zero-order valence-corrected chi connectivity index (χ0v) is 13.6. The predicted octanol–water partition coefficient (Wildman–Crippen LogP) is 5.16. The molecular formula is C21H17NO2. The van der Waals surface area contributed by atoms with Crippen LogP contribution >= 0.6 is 0 Å². The molecule has 0 amide bonds. The smallest absolute Gasteiger partial charge is 0.118 e. The Morgan fingerprint density at radius 2 is 1.50 bits per heavy atom. The highest BCUT2D eigenvalue weighted by Crippen LogP contribution is 2.40. The van der Waals surface area contributed by atoms with E-state index in [0.717, 1.165) is 33.5 Å². The van der Waals surface area contributed by atoms with Gasteiger partial charge in [-0.2, -0.15) is 0 Å². The number of hydrogen-bond donors (Lipinski definition) is 0. The summed E-state index contributed by atoms with van der Waals surface area (Å²) in [4.78, 5) is 5.16. The molecule has 1 heterocycles. The van der Waals surface area contributed by atoms with Gasteiger partial charge in [0.1, 0.15) is 12.8 Å². The molecule has 0 bridgehead atoms. The standard InChI is InChI=1S/C21H17NO2/c1-14-12-24-13-15(14)11-20-18-9-4-3-7-16(18)17-8-5-6-10-19(17)21(20)22-23-2/h3-13H,1-2H3/b20-11+,22-21-. The van der Waals surface area contributed by atoms with Gasteiger partial charge in [0, 0.05) is 16.7 Å². The summed E-state index contributed by atoms with van der Waals surface area (Å²) in [5, 5.41) is 4.33. The van der Waals surface area contributed by atoms with Crippen LogP contribution in [0.1, 0.15) is 22.3 Å². The lowest BCUT2D eigenvalue weighted by molar-refractivity contribution is 0.214. The Morgan fingerprint density at radius 1 is 0.875 bits per heavy atom. The summed E-state index contributed by atoms with van der Waals surface area (Å²) < 4.78 is 5.32. The van der Waals surface area contributed by atoms with Gasteiger partial charge in [-0.25, -0.2) is 0 Å². The number of nitrogens with zero attached hydrogens (tertiary/aromatic N) is 1. The second-order valence-corrected chi connectivity index (χ2v) is 5.78. The van der Waals surface area contributed by atoms with Crippen LogP contribution in [0.25, 0.3) is 22.8 Å². The van der Waals surface area contributed by atoms with Gasteiger partial charge >= 0.3 is 0 Å². The molecule has 1 aliphatic carbocycles. The van der Waals surface area contributed by atoms with E-state index in [0.29, 0.717) is 0 Å². The molecule has 3 heteroatoms. The van der Waals surface area contributed by atoms with Crippen LogP contribution in [0, 0.1) is 6.92 Å². The molecule has 1 aliphatic rings. The Hall–Kier alpha value is -3.07. The lowest BCUT2D eigenvalue weighted by atomic mass is 9.80. The van der Waals surface area contributed by atoms with Crippen molar-refractivity contribution in [3.63, 3.8) is 0 Å². The second kappa shape index (κ2) is 5.85. The topological polar surface area (TPSA) is 34.7 Å². The zero-order chi connectivity index (χ0) is 16.5. The maximum absolute atomic E-state index is 5.32. The van der Waals surface area contributed by atoms with E-state index in [4.69, 9.17) is 9.25 Å². The fourth-order valence-electron chi connectivity index (χ4n) is 3.16. The molecule has 3 aromatic rings. The number of benzene rings is 2. The first-order chi connectivity index (χ1) is 11.8. The van der Waals surface area contributed by atoms with Gasteiger partial charge in [-0.3, -0.25) is 0 Å². The van der Waals surface area contributed by atoms with Crippen molar-refractivity contribution in [1.29, 1.82) is 0 Å². The third-order valence-electron chi connectivity index (χ3n) is 4.32. The Balaban J connectivity index is 2.04. The van der Waals surface area contributed by atoms with Gasteiger partial charge < -0.3 is 9.25 Å². The molecule has 3 nitrogen and oxygen atoms in total. The largest absolute Gasteiger partial charge is 0.472 e. The second-order valence-electron chi connectivity index (χ2n) is 5.78. The Morgan fingerprint density at radius 3 is 2.12 bits per heavy atom. The molecule has 4 rings (SSSR count). The maximum Gasteiger partial charge on any atom is 0.118 e. The monoisotopic (exact) mass is 315 g/mol. The molecular weight excluding hydrogens is 298 g/mol. The number of fused-ring (bicyclic) bond motifs is 3. The molecule has 0 radical (unpaired) electrons. The minimum absolute atomic E-state index is 0.840. The zero-order valence-electron chi connectivity index (χ0n) is 13.6. The van der Waals surface area contributed by atoms with E-state index in [-0.39, 0.29) is 0 Å². The third-order valence-corrected chi connectivity index (χ3v) is 4.32. The average Bonchev–Trinajstić information content (AvgIpc) is 3.03. The summed E-state index contributed by atoms with van der Waals surface area (Å²) >= 11 is 0. The van der Waals surface area contributed by atoms with Crippen molar-refractivity contribution in [2.45, 2.75) is 6.92 Å². The van der Waals surface area contributed by atoms with Crippen LogP contribution in [0.4, 0.5) is 0 Å². The first kappa shape index (κ1) is 14.5. The Labute approximate surface area is 140 Å². The van der Waals surface area contributed by atoms with Gasteiger partial charge in [-0.05, 0) is 35.3 Å². The molecule has 0 fully saturated rings. The lowest BCUT2D eigenvalue weighted by Crippen LogP contribution is -2.13. The molecule has 0 N–H and O–H groups in total. The van der Waals surface area contributed by atoms with Gasteiger partial charge in [0.15, 0.2) is 0 Å². The first-order valence-electron chi connectivity index (χ1n) is 7.85. The van der Waals surface area contributed by atoms with Gasteiger partial charge in [0.25, 0.3) is 0 Å². The van der Waals surface area contributed by atoms with Crippen LogP contribution in [0.5, 0.6) is 0 Å². The van der Waals surface area contributed by atoms with Crippen molar-refractivity contribution in [3.05, 3.63) is 83.3 Å². The fraction of sp³-hybridized carbons (Fsp3) is 0.0952. The molecule has 118 valence electrons. The highest BCUT2D eigenvalue weighted by Gasteiger charge is 2.26. The number of allylic oxidation sites excluding steroid dienone is 1. The van der Waals surface area contributed by atoms with Gasteiger partial charge in [0.05, 0.1) is 12.5 Å². The number of oxime groups is 1. The Kier molecular flexibility index (Phi) is 3.54. The summed E-state index contributed by atoms with van der Waals surface area (Å²) in [6, 6.07) is 16.7. The fourth-order valence-corrected chi connectivity index (χ4v) is 3.16. The highest BCUT2D eigenvalue weighted by atomic mass is 16.6. The summed E-state index contributed by atoms with van der Waals surface area (Å²) in [7, 11) is 1.58. The van der Waals surface area contributed by atoms with Crippen LogP contribution in [-0.2, 0) is 4.84 Å². The van der Waals surface area contributed by atoms with Crippen molar-refractivity contribution in [1.82, 2.24) is 0 Å². The molecule has 2 aromatic carbocycles. The SMILES string of the molecule is CO/N=C1\C(=C\c2cocc2C)c2ccccc2-c2ccccc21. The molecule has 24 heavy (non-hydrogen) atoms. The van der Waals surface area contributed by atoms with E-state index in [1.54, 1.807) is 19.6 Å². The summed E-state index contributed by atoms with van der Waals surface area (Å²) in [5.74, 6) is 0. The minimum atomic E-state index is 0.840. The van der Waals surface area contributed by atoms with Crippen LogP contribution in [0.15, 0.2) is 70.6 Å². The summed E-state index contributed by atoms with van der Waals surface area (Å²) in [5.41, 5.74) is 8.61. The van der Waals surface area contributed by atoms with Crippen LogP contribution < -0.4 is 0 Å². The van der Waals surface area contributed by atoms with E-state index in [1.807, 2.05) is 19.1 Å². The van der Waals surface area contributed by atoms with Crippen molar-refractivity contribution in [3.8, 4) is 11.1 Å². The summed E-state index contributed by atoms with van der Waals surface area (Å²) in [6.45, 7) is 2.03. The normalized spacial score (nSPS) is 16.1. The Bertz CT molecular complexity index is 963. The highest BCUT2D eigenvalue weighted by molar-refractivity contribution is 6.39. The van der Waals surface area contributed by atoms with Gasteiger partial charge in [-0.1, -0.05) is 53.7 Å². The van der Waals surface area contributed by atoms with Crippen molar-refractivity contribution in [2.24, 2.45) is 5.16 Å². The predicted molar refractivity (Wildman–Crippen MR) is 96.7 cm³/mol. The first-order valence-corrected chi connectivity index (χ1v) is 7.85. The minimum Gasteiger partial charge on any atom is -0.472 e. The third kappa shape index (κ3) is 2.26.